The van der Waals surface area contributed by atoms with Crippen LogP contribution in [0.2, 0.25) is 0 Å². The van der Waals surface area contributed by atoms with Gasteiger partial charge in [0, 0.05) is 37.0 Å². The number of nitrogens with one attached hydrogen (secondary N) is 1. The zero-order valence-corrected chi connectivity index (χ0v) is 18.2. The summed E-state index contributed by atoms with van der Waals surface area (Å²) in [7, 11) is 0. The number of halogens is 3. The Morgan fingerprint density at radius 3 is 2.67 bits per heavy atom. The predicted octanol–water partition coefficient (Wildman–Crippen LogP) is 4.01. The minimum Gasteiger partial charge on any atom is -0.376 e. The van der Waals surface area contributed by atoms with E-state index in [1.54, 1.807) is 18.3 Å². The van der Waals surface area contributed by atoms with Gasteiger partial charge >= 0.3 is 0 Å². The Hall–Kier alpha value is -3.40. The average molecular weight is 456 g/mol. The van der Waals surface area contributed by atoms with Crippen molar-refractivity contribution in [1.82, 2.24) is 24.4 Å². The predicted molar refractivity (Wildman–Crippen MR) is 116 cm³/mol. The molecule has 10 heteroatoms. The highest BCUT2D eigenvalue weighted by atomic mass is 19.2. The first-order valence-corrected chi connectivity index (χ1v) is 10.9. The summed E-state index contributed by atoms with van der Waals surface area (Å²) in [5, 5.41) is 12.3. The molecule has 0 spiro atoms. The topological polar surface area (TPSA) is 69.3 Å². The molecule has 0 saturated heterocycles. The number of hydrogen-bond acceptors (Lipinski definition) is 5. The fourth-order valence-electron chi connectivity index (χ4n) is 4.43. The molecule has 172 valence electrons. The Balaban J connectivity index is 1.48. The van der Waals surface area contributed by atoms with Gasteiger partial charge in [-0.2, -0.15) is 10.1 Å². The number of benzene rings is 1. The monoisotopic (exact) mass is 456 g/mol. The van der Waals surface area contributed by atoms with Crippen LogP contribution in [0, 0.1) is 17.5 Å². The number of aromatic nitrogens is 5. The molecule has 1 aliphatic rings. The van der Waals surface area contributed by atoms with Gasteiger partial charge in [-0.1, -0.05) is 0 Å². The highest BCUT2D eigenvalue weighted by molar-refractivity contribution is 5.78. The molecular weight excluding hydrogens is 433 g/mol. The number of rotatable bonds is 6. The van der Waals surface area contributed by atoms with Crippen molar-refractivity contribution < 1.29 is 17.9 Å². The molecule has 5 rings (SSSR count). The molecule has 0 fully saturated rings. The molecule has 1 aliphatic carbocycles. The third-order valence-electron chi connectivity index (χ3n) is 5.97. The second kappa shape index (κ2) is 8.51. The van der Waals surface area contributed by atoms with Crippen LogP contribution in [0.3, 0.4) is 0 Å². The highest BCUT2D eigenvalue weighted by Gasteiger charge is 2.32. The summed E-state index contributed by atoms with van der Waals surface area (Å²) in [6.45, 7) is 5.39. The van der Waals surface area contributed by atoms with Gasteiger partial charge in [0.1, 0.15) is 0 Å². The molecule has 33 heavy (non-hydrogen) atoms. The molecule has 0 bridgehead atoms. The van der Waals surface area contributed by atoms with Crippen molar-refractivity contribution in [1.29, 1.82) is 0 Å². The van der Waals surface area contributed by atoms with Crippen LogP contribution in [0.5, 0.6) is 0 Å². The van der Waals surface area contributed by atoms with Crippen LogP contribution in [-0.4, -0.2) is 43.1 Å². The summed E-state index contributed by atoms with van der Waals surface area (Å²) < 4.78 is 50.6. The molecule has 4 aromatic rings. The third-order valence-corrected chi connectivity index (χ3v) is 5.97. The molecule has 2 unspecified atom stereocenters. The lowest BCUT2D eigenvalue weighted by atomic mass is 9.90. The standard InChI is InChI=1S/C23H23F3N6O/c1-3-31-19-11-20(33-4-2)18(10-14(19)12-27-31)28-23-29-22-15(6-5-7-32(22)30-23)13-8-16(24)21(26)17(25)9-13/h5-9,12,18,20H,3-4,10-11H2,1-2H3,(H,28,30). The smallest absolute Gasteiger partial charge is 0.243 e. The normalized spacial score (nSPS) is 18.0. The summed E-state index contributed by atoms with van der Waals surface area (Å²) in [5.74, 6) is -3.64. The van der Waals surface area contributed by atoms with Crippen molar-refractivity contribution in [2.24, 2.45) is 0 Å². The molecule has 7 nitrogen and oxygen atoms in total. The Kier molecular flexibility index (Phi) is 5.53. The van der Waals surface area contributed by atoms with Crippen molar-refractivity contribution in [3.8, 4) is 11.1 Å². The maximum Gasteiger partial charge on any atom is 0.243 e. The molecule has 3 heterocycles. The molecule has 2 atom stereocenters. The van der Waals surface area contributed by atoms with Gasteiger partial charge in [0.15, 0.2) is 23.1 Å². The first kappa shape index (κ1) is 21.4. The van der Waals surface area contributed by atoms with Gasteiger partial charge in [-0.05, 0) is 55.7 Å². The largest absolute Gasteiger partial charge is 0.376 e. The van der Waals surface area contributed by atoms with Crippen LogP contribution in [0.1, 0.15) is 25.1 Å². The fraction of sp³-hybridized carbons (Fsp3) is 0.348. The molecule has 0 amide bonds. The van der Waals surface area contributed by atoms with Gasteiger partial charge in [0.25, 0.3) is 0 Å². The number of fused-ring (bicyclic) bond motifs is 2. The third kappa shape index (κ3) is 3.84. The number of nitrogens with zero attached hydrogens (tertiary/aromatic N) is 5. The average Bonchev–Trinajstić information content (AvgIpc) is 3.40. The molecule has 1 N–H and O–H groups in total. The zero-order chi connectivity index (χ0) is 23.1. The van der Waals surface area contributed by atoms with Crippen LogP contribution in [-0.2, 0) is 24.1 Å². The maximum atomic E-state index is 13.8. The van der Waals surface area contributed by atoms with E-state index in [-0.39, 0.29) is 17.7 Å². The summed E-state index contributed by atoms with van der Waals surface area (Å²) in [6, 6.07) is 5.18. The summed E-state index contributed by atoms with van der Waals surface area (Å²) in [6.07, 6.45) is 4.93. The van der Waals surface area contributed by atoms with Crippen LogP contribution in [0.15, 0.2) is 36.7 Å². The molecule has 1 aromatic carbocycles. The van der Waals surface area contributed by atoms with E-state index in [0.717, 1.165) is 30.7 Å². The van der Waals surface area contributed by atoms with Gasteiger partial charge in [-0.15, -0.1) is 5.10 Å². The van der Waals surface area contributed by atoms with Crippen LogP contribution >= 0.6 is 0 Å². The van der Waals surface area contributed by atoms with E-state index in [1.165, 1.54) is 10.2 Å². The molecule has 0 radical (unpaired) electrons. The molecule has 0 aliphatic heterocycles. The van der Waals surface area contributed by atoms with Gasteiger partial charge in [-0.25, -0.2) is 17.7 Å². The van der Waals surface area contributed by atoms with E-state index < -0.39 is 17.5 Å². The quantitative estimate of drug-likeness (QED) is 0.444. The summed E-state index contributed by atoms with van der Waals surface area (Å²) in [4.78, 5) is 4.56. The van der Waals surface area contributed by atoms with Crippen LogP contribution in [0.25, 0.3) is 16.8 Å². The van der Waals surface area contributed by atoms with Crippen molar-refractivity contribution in [3.63, 3.8) is 0 Å². The number of ether oxygens (including phenoxy) is 1. The minimum atomic E-state index is -1.50. The number of hydrogen-bond donors (Lipinski definition) is 1. The van der Waals surface area contributed by atoms with Crippen molar-refractivity contribution >= 4 is 11.6 Å². The first-order chi connectivity index (χ1) is 16.0. The fourth-order valence-corrected chi connectivity index (χ4v) is 4.43. The van der Waals surface area contributed by atoms with E-state index in [0.29, 0.717) is 30.2 Å². The van der Waals surface area contributed by atoms with Gasteiger partial charge < -0.3 is 10.1 Å². The number of aryl methyl sites for hydroxylation is 1. The second-order valence-electron chi connectivity index (χ2n) is 7.96. The number of pyridine rings is 1. The molecular formula is C23H23F3N6O. The zero-order valence-electron chi connectivity index (χ0n) is 18.2. The second-order valence-corrected chi connectivity index (χ2v) is 7.96. The van der Waals surface area contributed by atoms with Gasteiger partial charge in [0.05, 0.1) is 18.3 Å². The van der Waals surface area contributed by atoms with Crippen molar-refractivity contribution in [2.45, 2.75) is 45.4 Å². The summed E-state index contributed by atoms with van der Waals surface area (Å²) >= 11 is 0. The molecule has 0 saturated carbocycles. The first-order valence-electron chi connectivity index (χ1n) is 10.9. The SMILES string of the molecule is CCOC1Cc2c(cnn2CC)CC1Nc1nc2c(-c3cc(F)c(F)c(F)c3)cccn2n1. The van der Waals surface area contributed by atoms with Gasteiger partial charge in [-0.3, -0.25) is 4.68 Å². The van der Waals surface area contributed by atoms with E-state index in [4.69, 9.17) is 4.74 Å². The summed E-state index contributed by atoms with van der Waals surface area (Å²) in [5.41, 5.74) is 3.35. The maximum absolute atomic E-state index is 13.8. The highest BCUT2D eigenvalue weighted by Crippen LogP contribution is 2.29. The lowest BCUT2D eigenvalue weighted by Gasteiger charge is -2.32. The van der Waals surface area contributed by atoms with E-state index in [2.05, 4.69) is 27.4 Å². The molecule has 3 aromatic heterocycles. The Bertz CT molecular complexity index is 1290. The van der Waals surface area contributed by atoms with E-state index in [9.17, 15) is 13.2 Å². The lowest BCUT2D eigenvalue weighted by Crippen LogP contribution is -2.43. The van der Waals surface area contributed by atoms with Crippen LogP contribution in [0.4, 0.5) is 19.1 Å². The van der Waals surface area contributed by atoms with E-state index in [1.807, 2.05) is 17.8 Å². The lowest BCUT2D eigenvalue weighted by molar-refractivity contribution is 0.0434. The minimum absolute atomic E-state index is 0.0754. The van der Waals surface area contributed by atoms with Crippen molar-refractivity contribution in [3.05, 3.63) is 65.4 Å². The van der Waals surface area contributed by atoms with Crippen LogP contribution < -0.4 is 5.32 Å². The van der Waals surface area contributed by atoms with Gasteiger partial charge in [0.2, 0.25) is 5.95 Å². The Morgan fingerprint density at radius 2 is 1.94 bits per heavy atom. The Labute approximate surface area is 188 Å². The number of anilines is 1. The van der Waals surface area contributed by atoms with E-state index >= 15 is 0 Å². The Morgan fingerprint density at radius 1 is 1.15 bits per heavy atom. The van der Waals surface area contributed by atoms with Crippen molar-refractivity contribution in [2.75, 3.05) is 11.9 Å².